The number of hydrogen-bond acceptors (Lipinski definition) is 3. The minimum Gasteiger partial charge on any atom is -0.481 e. The zero-order valence-corrected chi connectivity index (χ0v) is 12.3. The van der Waals surface area contributed by atoms with Gasteiger partial charge in [-0.25, -0.2) is 4.79 Å². The lowest BCUT2D eigenvalue weighted by atomic mass is 10.0. The zero-order chi connectivity index (χ0) is 14.8. The highest BCUT2D eigenvalue weighted by atomic mass is 16.5. The van der Waals surface area contributed by atoms with Crippen molar-refractivity contribution >= 4 is 12.0 Å². The van der Waals surface area contributed by atoms with E-state index in [0.717, 1.165) is 6.42 Å². The Balaban J connectivity index is 4.26. The van der Waals surface area contributed by atoms with E-state index in [-0.39, 0.29) is 24.4 Å². The molecule has 112 valence electrons. The van der Waals surface area contributed by atoms with Crippen LogP contribution < -0.4 is 5.32 Å². The van der Waals surface area contributed by atoms with Crippen LogP contribution in [0, 0.1) is 5.92 Å². The molecule has 0 aromatic heterocycles. The average Bonchev–Trinajstić information content (AvgIpc) is 2.33. The molecular formula is C13H26N2O4. The van der Waals surface area contributed by atoms with Gasteiger partial charge in [0.05, 0.1) is 6.61 Å². The number of carboxylic acids is 1. The Morgan fingerprint density at radius 2 is 2.00 bits per heavy atom. The van der Waals surface area contributed by atoms with Gasteiger partial charge in [0.2, 0.25) is 0 Å². The topological polar surface area (TPSA) is 78.9 Å². The van der Waals surface area contributed by atoms with Crippen LogP contribution in [0.3, 0.4) is 0 Å². The summed E-state index contributed by atoms with van der Waals surface area (Å²) in [6, 6.07) is -0.0920. The quantitative estimate of drug-likeness (QED) is 0.668. The van der Waals surface area contributed by atoms with E-state index in [0.29, 0.717) is 19.7 Å². The second kappa shape index (κ2) is 9.61. The monoisotopic (exact) mass is 274 g/mol. The Morgan fingerprint density at radius 3 is 2.42 bits per heavy atom. The summed E-state index contributed by atoms with van der Waals surface area (Å²) in [6.45, 7) is 7.18. The largest absolute Gasteiger partial charge is 0.481 e. The third-order valence-electron chi connectivity index (χ3n) is 3.00. The number of carbonyl (C=O) groups is 2. The summed E-state index contributed by atoms with van der Waals surface area (Å²) >= 11 is 0. The van der Waals surface area contributed by atoms with Crippen molar-refractivity contribution in [2.24, 2.45) is 5.92 Å². The van der Waals surface area contributed by atoms with Crippen molar-refractivity contribution in [3.05, 3.63) is 0 Å². The molecule has 0 radical (unpaired) electrons. The van der Waals surface area contributed by atoms with Crippen LogP contribution in [0.4, 0.5) is 4.79 Å². The highest BCUT2D eigenvalue weighted by Gasteiger charge is 2.18. The van der Waals surface area contributed by atoms with Crippen LogP contribution in [0.5, 0.6) is 0 Å². The molecule has 6 heteroatoms. The number of urea groups is 1. The van der Waals surface area contributed by atoms with Crippen LogP contribution in [-0.4, -0.2) is 54.9 Å². The highest BCUT2D eigenvalue weighted by molar-refractivity contribution is 5.74. The SMILES string of the molecule is CCC(CNC(=O)N(CCOC)C(C)C)CC(=O)O. The molecule has 0 aromatic rings. The van der Waals surface area contributed by atoms with E-state index in [2.05, 4.69) is 5.32 Å². The van der Waals surface area contributed by atoms with Crippen LogP contribution in [0.25, 0.3) is 0 Å². The fourth-order valence-corrected chi connectivity index (χ4v) is 1.72. The maximum atomic E-state index is 12.0. The summed E-state index contributed by atoms with van der Waals surface area (Å²) < 4.78 is 4.97. The predicted octanol–water partition coefficient (Wildman–Crippen LogP) is 1.55. The summed E-state index contributed by atoms with van der Waals surface area (Å²) in [5, 5.41) is 11.6. The molecule has 0 bridgehead atoms. The molecule has 1 atom stereocenters. The van der Waals surface area contributed by atoms with Crippen LogP contribution in [0.2, 0.25) is 0 Å². The molecule has 0 saturated heterocycles. The first-order chi connectivity index (χ1) is 8.92. The zero-order valence-electron chi connectivity index (χ0n) is 12.3. The number of rotatable bonds is 9. The molecule has 0 aliphatic rings. The predicted molar refractivity (Wildman–Crippen MR) is 73.2 cm³/mol. The number of ether oxygens (including phenoxy) is 1. The van der Waals surface area contributed by atoms with E-state index in [1.54, 1.807) is 12.0 Å². The van der Waals surface area contributed by atoms with Crippen molar-refractivity contribution in [1.29, 1.82) is 0 Å². The maximum absolute atomic E-state index is 12.0. The number of nitrogens with zero attached hydrogens (tertiary/aromatic N) is 1. The third-order valence-corrected chi connectivity index (χ3v) is 3.00. The van der Waals surface area contributed by atoms with Crippen molar-refractivity contribution in [3.8, 4) is 0 Å². The first kappa shape index (κ1) is 17.7. The number of aliphatic carboxylic acids is 1. The van der Waals surface area contributed by atoms with Crippen molar-refractivity contribution in [2.75, 3.05) is 26.8 Å². The van der Waals surface area contributed by atoms with Gasteiger partial charge >= 0.3 is 12.0 Å². The minimum absolute atomic E-state index is 0.0297. The number of methoxy groups -OCH3 is 1. The summed E-state index contributed by atoms with van der Waals surface area (Å²) in [6.07, 6.45) is 0.808. The smallest absolute Gasteiger partial charge is 0.317 e. The summed E-state index contributed by atoms with van der Waals surface area (Å²) in [7, 11) is 1.59. The molecule has 1 unspecified atom stereocenters. The molecule has 0 spiro atoms. The van der Waals surface area contributed by atoms with E-state index < -0.39 is 5.97 Å². The van der Waals surface area contributed by atoms with Gasteiger partial charge in [-0.1, -0.05) is 13.3 Å². The van der Waals surface area contributed by atoms with E-state index in [4.69, 9.17) is 9.84 Å². The Kier molecular flexibility index (Phi) is 8.95. The molecule has 0 saturated carbocycles. The Hall–Kier alpha value is -1.30. The molecule has 0 aromatic carbocycles. The number of carbonyl (C=O) groups excluding carboxylic acids is 1. The Bertz CT molecular complexity index is 282. The van der Waals surface area contributed by atoms with Gasteiger partial charge in [-0.2, -0.15) is 0 Å². The second-order valence-electron chi connectivity index (χ2n) is 4.84. The minimum atomic E-state index is -0.832. The molecule has 2 N–H and O–H groups in total. The average molecular weight is 274 g/mol. The number of hydrogen-bond donors (Lipinski definition) is 2. The van der Waals surface area contributed by atoms with E-state index >= 15 is 0 Å². The fraction of sp³-hybridized carbons (Fsp3) is 0.846. The molecule has 19 heavy (non-hydrogen) atoms. The lowest BCUT2D eigenvalue weighted by Crippen LogP contribution is -2.46. The molecule has 0 heterocycles. The van der Waals surface area contributed by atoms with Gasteiger partial charge < -0.3 is 20.1 Å². The number of amides is 2. The third kappa shape index (κ3) is 7.66. The molecule has 0 fully saturated rings. The standard InChI is InChI=1S/C13H26N2O4/c1-5-11(8-12(16)17)9-14-13(18)15(10(2)3)6-7-19-4/h10-11H,5-9H2,1-4H3,(H,14,18)(H,16,17). The van der Waals surface area contributed by atoms with E-state index in [1.807, 2.05) is 20.8 Å². The van der Waals surface area contributed by atoms with Crippen molar-refractivity contribution < 1.29 is 19.4 Å². The van der Waals surface area contributed by atoms with Gasteiger partial charge in [0.15, 0.2) is 0 Å². The van der Waals surface area contributed by atoms with Gasteiger partial charge in [0.1, 0.15) is 0 Å². The molecule has 0 rings (SSSR count). The lowest BCUT2D eigenvalue weighted by molar-refractivity contribution is -0.138. The first-order valence-corrected chi connectivity index (χ1v) is 6.67. The summed E-state index contributed by atoms with van der Waals surface area (Å²) in [5.41, 5.74) is 0. The van der Waals surface area contributed by atoms with Crippen LogP contribution >= 0.6 is 0 Å². The molecule has 2 amide bonds. The number of carboxylic acid groups (broad SMARTS) is 1. The van der Waals surface area contributed by atoms with Crippen molar-refractivity contribution in [2.45, 2.75) is 39.7 Å². The summed E-state index contributed by atoms with van der Waals surface area (Å²) in [4.78, 5) is 24.3. The fourth-order valence-electron chi connectivity index (χ4n) is 1.72. The molecule has 0 aliphatic heterocycles. The number of nitrogens with one attached hydrogen (secondary N) is 1. The van der Waals surface area contributed by atoms with E-state index in [1.165, 1.54) is 0 Å². The Labute approximate surface area is 115 Å². The van der Waals surface area contributed by atoms with Gasteiger partial charge in [-0.3, -0.25) is 4.79 Å². The van der Waals surface area contributed by atoms with Gasteiger partial charge in [-0.05, 0) is 19.8 Å². The highest BCUT2D eigenvalue weighted by Crippen LogP contribution is 2.07. The van der Waals surface area contributed by atoms with Crippen LogP contribution in [-0.2, 0) is 9.53 Å². The van der Waals surface area contributed by atoms with Gasteiger partial charge in [0.25, 0.3) is 0 Å². The molecule has 6 nitrogen and oxygen atoms in total. The van der Waals surface area contributed by atoms with Crippen LogP contribution in [0.1, 0.15) is 33.6 Å². The Morgan fingerprint density at radius 1 is 1.37 bits per heavy atom. The maximum Gasteiger partial charge on any atom is 0.317 e. The van der Waals surface area contributed by atoms with Crippen molar-refractivity contribution in [3.63, 3.8) is 0 Å². The first-order valence-electron chi connectivity index (χ1n) is 6.67. The van der Waals surface area contributed by atoms with Crippen molar-refractivity contribution in [1.82, 2.24) is 10.2 Å². The van der Waals surface area contributed by atoms with Crippen LogP contribution in [0.15, 0.2) is 0 Å². The lowest BCUT2D eigenvalue weighted by Gasteiger charge is -2.27. The molecule has 0 aliphatic carbocycles. The second-order valence-corrected chi connectivity index (χ2v) is 4.84. The summed E-state index contributed by atoms with van der Waals surface area (Å²) in [5.74, 6) is -0.862. The van der Waals surface area contributed by atoms with E-state index in [9.17, 15) is 9.59 Å². The van der Waals surface area contributed by atoms with Gasteiger partial charge in [-0.15, -0.1) is 0 Å². The normalized spacial score (nSPS) is 12.3. The van der Waals surface area contributed by atoms with Gasteiger partial charge in [0, 0.05) is 32.7 Å². The molecular weight excluding hydrogens is 248 g/mol.